The summed E-state index contributed by atoms with van der Waals surface area (Å²) in [6, 6.07) is 15.9. The van der Waals surface area contributed by atoms with Gasteiger partial charge in [0.1, 0.15) is 35.1 Å². The number of Topliss-reactive ketones (excluding diaryl/α,β-unsaturated/α-hetero) is 2. The van der Waals surface area contributed by atoms with Crippen LogP contribution in [-0.2, 0) is 67.9 Å². The molecule has 118 heavy (non-hydrogen) atoms. The van der Waals surface area contributed by atoms with Gasteiger partial charge >= 0.3 is 11.9 Å². The van der Waals surface area contributed by atoms with Crippen molar-refractivity contribution in [2.75, 3.05) is 39.7 Å². The average molecular weight is 1700 g/mol. The lowest BCUT2D eigenvalue weighted by Gasteiger charge is -2.34. The Bertz CT molecular complexity index is 4470. The number of pyridine rings is 2. The summed E-state index contributed by atoms with van der Waals surface area (Å²) in [6.45, 7) is 15.1. The fraction of sp³-hybridized carbons (Fsp3) is 0.651. The van der Waals surface area contributed by atoms with E-state index in [0.29, 0.717) is 88.1 Å². The Hall–Kier alpha value is -8.42. The van der Waals surface area contributed by atoms with Crippen molar-refractivity contribution < 1.29 is 110 Å². The van der Waals surface area contributed by atoms with E-state index in [-0.39, 0.29) is 88.1 Å². The van der Waals surface area contributed by atoms with Crippen LogP contribution in [0, 0.1) is 58.2 Å². The molecule has 6 fully saturated rings. The SMILES string of the molecule is CCOc1cc2ccccc2c(O[C@@H]2C[C@H]3C(=O)C[C@]4(C(=O)NS(=O)(=O)C5(CF)CC5)C[C@H]4/C=C\CC[C@@H](C)C[C@@H](C)[C@H](CC(=O)OC(C)(C)C(C)(F)F)C(=O)N3C2)n1.CCOc1cc2ccccc2c(O[C@@H]2C[C@H]3C(=O)C[C@]4(C(=O)NS(=O)(=O)C5(CF)CC5)C[C@H]4/C=C\CC[C@H](C)C[C@@H](C)[C@H](CC(=O)OC(C)(C)C(C)(F)F)C(=O)N3C2)n1. The molecular weight excluding hydrogens is 1580 g/mol. The molecule has 32 heteroatoms. The second kappa shape index (κ2) is 35.0. The molecule has 0 bridgehead atoms. The standard InChI is InChI=1S/2C43H56F3N3O9S/c2*1-7-56-35-19-28-13-9-11-15-31(28)37(47-35)57-30-20-33-34(50)23-43(39(53)48-59(54,55)42(25-44)16-17-42)22-29(43)14-10-8-12-26(2)18-27(3)32(38(52)49(33)24-30)21-36(51)58-40(4,5)41(6,45)46/h2*9-11,13-15,19,26-27,29-30,32-33H,7-8,12,16-18,20-25H2,1-6H3,(H,48,53)/b2*14-10-/t26-,27+,29+,30+,32-,33-,43+;26-,27-,29-,30-,32+,33+,43-/m01/s1. The van der Waals surface area contributed by atoms with Crippen molar-refractivity contribution in [3.05, 3.63) is 85.0 Å². The summed E-state index contributed by atoms with van der Waals surface area (Å²) in [5, 5.41) is 2.87. The van der Waals surface area contributed by atoms with Gasteiger partial charge in [-0.25, -0.2) is 43.2 Å². The van der Waals surface area contributed by atoms with E-state index in [1.54, 1.807) is 12.1 Å². The highest BCUT2D eigenvalue weighted by atomic mass is 32.2. The van der Waals surface area contributed by atoms with Crippen LogP contribution in [0.4, 0.5) is 26.3 Å². The van der Waals surface area contributed by atoms with E-state index in [9.17, 15) is 81.5 Å². The molecule has 0 radical (unpaired) electrons. The highest BCUT2D eigenvalue weighted by molar-refractivity contribution is 7.92. The normalized spacial score (nSPS) is 29.3. The highest BCUT2D eigenvalue weighted by Gasteiger charge is 2.66. The lowest BCUT2D eigenvalue weighted by Crippen LogP contribution is -2.49. The smallest absolute Gasteiger partial charge is 0.307 e. The van der Waals surface area contributed by atoms with Gasteiger partial charge in [-0.05, 0) is 177 Å². The first-order valence-corrected chi connectivity index (χ1v) is 44.1. The monoisotopic (exact) mass is 1690 g/mol. The summed E-state index contributed by atoms with van der Waals surface area (Å²) in [6.07, 6.45) is 7.98. The topological polar surface area (TPSA) is 317 Å². The number of ether oxygens (including phenoxy) is 6. The third kappa shape index (κ3) is 19.6. The number of fused-ring (bicyclic) bond motifs is 6. The van der Waals surface area contributed by atoms with E-state index < -0.39 is 209 Å². The first kappa shape index (κ1) is 90.3. The molecule has 2 aromatic heterocycles. The second-order valence-electron chi connectivity index (χ2n) is 35.5. The zero-order valence-corrected chi connectivity index (χ0v) is 70.8. The molecule has 2 aromatic carbocycles. The van der Waals surface area contributed by atoms with E-state index in [0.717, 1.165) is 38.5 Å². The van der Waals surface area contributed by atoms with Crippen molar-refractivity contribution in [3.8, 4) is 23.5 Å². The van der Waals surface area contributed by atoms with E-state index in [1.807, 2.05) is 114 Å². The molecule has 0 unspecified atom stereocenters. The Kier molecular flexibility index (Phi) is 26.8. The van der Waals surface area contributed by atoms with Crippen molar-refractivity contribution >= 4 is 88.7 Å². The maximum absolute atomic E-state index is 14.9. The molecule has 8 aliphatic rings. The van der Waals surface area contributed by atoms with Gasteiger partial charge in [-0.1, -0.05) is 88.4 Å². The number of amides is 4. The van der Waals surface area contributed by atoms with Gasteiger partial charge < -0.3 is 38.2 Å². The van der Waals surface area contributed by atoms with Gasteiger partial charge in [-0.15, -0.1) is 0 Å². The van der Waals surface area contributed by atoms with Crippen LogP contribution >= 0.6 is 0 Å². The average Bonchev–Trinajstić information content (AvgIpc) is 1.56. The number of carbonyl (C=O) groups excluding carboxylic acids is 8. The number of rotatable bonds is 24. The maximum atomic E-state index is 14.9. The molecule has 4 aliphatic carbocycles. The lowest BCUT2D eigenvalue weighted by molar-refractivity contribution is -0.197. The molecular formula is C86H112F6N6O18S2. The van der Waals surface area contributed by atoms with Gasteiger partial charge in [0.15, 0.2) is 22.8 Å². The number of nitrogens with one attached hydrogen (secondary N) is 2. The summed E-state index contributed by atoms with van der Waals surface area (Å²) in [5.74, 6) is -15.7. The van der Waals surface area contributed by atoms with Crippen molar-refractivity contribution in [2.24, 2.45) is 58.2 Å². The van der Waals surface area contributed by atoms with E-state index in [1.165, 1.54) is 9.80 Å². The predicted octanol–water partition coefficient (Wildman–Crippen LogP) is 13.8. The molecule has 0 spiro atoms. The third-order valence-corrected chi connectivity index (χ3v) is 30.0. The minimum Gasteiger partial charge on any atom is -0.478 e. The van der Waals surface area contributed by atoms with Gasteiger partial charge in [-0.2, -0.15) is 9.97 Å². The predicted molar refractivity (Wildman–Crippen MR) is 426 cm³/mol. The van der Waals surface area contributed by atoms with Gasteiger partial charge in [0.25, 0.3) is 11.8 Å². The van der Waals surface area contributed by atoms with Crippen molar-refractivity contribution in [2.45, 2.75) is 255 Å². The van der Waals surface area contributed by atoms with Crippen LogP contribution in [0.2, 0.25) is 0 Å². The van der Waals surface area contributed by atoms with Gasteiger partial charge in [0.05, 0.1) is 73.9 Å². The zero-order chi connectivity index (χ0) is 86.3. The number of esters is 2. The molecule has 24 nitrogen and oxygen atoms in total. The fourth-order valence-corrected chi connectivity index (χ4v) is 19.8. The highest BCUT2D eigenvalue weighted by Crippen LogP contribution is 2.60. The number of carbonyl (C=O) groups is 8. The van der Waals surface area contributed by atoms with Crippen LogP contribution in [0.25, 0.3) is 21.5 Å². The van der Waals surface area contributed by atoms with E-state index in [4.69, 9.17) is 28.4 Å². The number of hydrogen-bond donors (Lipinski definition) is 2. The number of allylic oxidation sites excluding steroid dienone is 4. The summed E-state index contributed by atoms with van der Waals surface area (Å²) in [7, 11) is -8.79. The summed E-state index contributed by atoms with van der Waals surface area (Å²) in [5.41, 5.74) is -7.27. The van der Waals surface area contributed by atoms with Gasteiger partial charge in [-0.3, -0.25) is 47.8 Å². The minimum absolute atomic E-state index is 0.0298. The number of alkyl halides is 6. The molecule has 12 rings (SSSR count). The molecule has 6 heterocycles. The fourth-order valence-electron chi connectivity index (χ4n) is 16.9. The number of sulfonamides is 2. The summed E-state index contributed by atoms with van der Waals surface area (Å²) in [4.78, 5) is 126. The van der Waals surface area contributed by atoms with E-state index in [2.05, 4.69) is 19.4 Å². The number of ketones is 2. The minimum atomic E-state index is -4.39. The molecule has 4 saturated carbocycles. The second-order valence-corrected chi connectivity index (χ2v) is 39.7. The molecule has 4 aromatic rings. The van der Waals surface area contributed by atoms with Crippen LogP contribution in [0.3, 0.4) is 0 Å². The molecule has 648 valence electrons. The number of hydrogen-bond acceptors (Lipinski definition) is 20. The number of halogens is 6. The Morgan fingerprint density at radius 1 is 0.542 bits per heavy atom. The van der Waals surface area contributed by atoms with Crippen LogP contribution in [0.15, 0.2) is 85.0 Å². The Morgan fingerprint density at radius 3 is 1.23 bits per heavy atom. The number of aromatic nitrogens is 2. The summed E-state index contributed by atoms with van der Waals surface area (Å²) >= 11 is 0. The van der Waals surface area contributed by atoms with Crippen LogP contribution < -0.4 is 28.4 Å². The first-order chi connectivity index (χ1) is 55.3. The number of nitrogens with zero attached hydrogens (tertiary/aromatic N) is 4. The van der Waals surface area contributed by atoms with Crippen molar-refractivity contribution in [3.63, 3.8) is 0 Å². The Balaban J connectivity index is 0.000000231. The molecule has 2 saturated heterocycles. The summed E-state index contributed by atoms with van der Waals surface area (Å²) < 4.78 is 174. The molecule has 4 aliphatic heterocycles. The van der Waals surface area contributed by atoms with E-state index >= 15 is 0 Å². The quantitative estimate of drug-likeness (QED) is 0.0374. The van der Waals surface area contributed by atoms with Crippen molar-refractivity contribution in [1.29, 1.82) is 0 Å². The van der Waals surface area contributed by atoms with Crippen LogP contribution in [0.5, 0.6) is 23.5 Å². The Morgan fingerprint density at radius 2 is 0.898 bits per heavy atom. The Labute approximate surface area is 686 Å². The zero-order valence-electron chi connectivity index (χ0n) is 69.2. The van der Waals surface area contributed by atoms with Crippen molar-refractivity contribution in [1.82, 2.24) is 29.2 Å². The molecule has 14 atom stereocenters. The third-order valence-electron chi connectivity index (χ3n) is 25.8. The van der Waals surface area contributed by atoms with Crippen LogP contribution in [0.1, 0.15) is 199 Å². The molecule has 4 amide bonds. The van der Waals surface area contributed by atoms with Crippen LogP contribution in [-0.4, -0.2) is 180 Å². The maximum Gasteiger partial charge on any atom is 0.307 e. The van der Waals surface area contributed by atoms with Gasteiger partial charge in [0.2, 0.25) is 67.2 Å². The van der Waals surface area contributed by atoms with Gasteiger partial charge in [0, 0.05) is 62.4 Å². The first-order valence-electron chi connectivity index (χ1n) is 41.1. The number of benzene rings is 2. The largest absolute Gasteiger partial charge is 0.478 e. The molecule has 2 N–H and O–H groups in total. The lowest BCUT2D eigenvalue weighted by atomic mass is 9.82.